The normalized spacial score (nSPS) is 14.7. The lowest BCUT2D eigenvalue weighted by Crippen LogP contribution is -2.33. The van der Waals surface area contributed by atoms with Crippen LogP contribution in [0.15, 0.2) is 30.6 Å². The van der Waals surface area contributed by atoms with Crippen LogP contribution in [0.2, 0.25) is 5.02 Å². The number of halogens is 1. The average Bonchev–Trinajstić information content (AvgIpc) is 3.04. The van der Waals surface area contributed by atoms with E-state index in [4.69, 9.17) is 11.6 Å². The molecule has 1 saturated carbocycles. The smallest absolute Gasteiger partial charge is 0.270 e. The van der Waals surface area contributed by atoms with Crippen LogP contribution in [0, 0.1) is 6.92 Å². The SMILES string of the molecule is Cc1ccc(Cl)cc1Nc1cc(C(=O)NC2CCCC2)ncn1. The maximum Gasteiger partial charge on any atom is 0.270 e. The number of carbonyl (C=O) groups excluding carboxylic acids is 1. The van der Waals surface area contributed by atoms with Gasteiger partial charge in [0, 0.05) is 22.8 Å². The molecule has 0 radical (unpaired) electrons. The van der Waals surface area contributed by atoms with Gasteiger partial charge >= 0.3 is 0 Å². The monoisotopic (exact) mass is 330 g/mol. The molecule has 23 heavy (non-hydrogen) atoms. The molecular formula is C17H19ClN4O. The Bertz CT molecular complexity index is 713. The van der Waals surface area contributed by atoms with Crippen molar-refractivity contribution in [2.75, 3.05) is 5.32 Å². The van der Waals surface area contributed by atoms with Crippen LogP contribution in [-0.4, -0.2) is 21.9 Å². The quantitative estimate of drug-likeness (QED) is 0.893. The van der Waals surface area contributed by atoms with Crippen LogP contribution >= 0.6 is 11.6 Å². The van der Waals surface area contributed by atoms with Gasteiger partial charge < -0.3 is 10.6 Å². The predicted octanol–water partition coefficient (Wildman–Crippen LogP) is 3.85. The molecule has 0 aliphatic heterocycles. The highest BCUT2D eigenvalue weighted by atomic mass is 35.5. The van der Waals surface area contributed by atoms with Crippen molar-refractivity contribution in [3.63, 3.8) is 0 Å². The Morgan fingerprint density at radius 1 is 1.22 bits per heavy atom. The molecule has 1 aliphatic carbocycles. The molecule has 0 spiro atoms. The van der Waals surface area contributed by atoms with Crippen molar-refractivity contribution in [3.8, 4) is 0 Å². The molecule has 1 fully saturated rings. The molecule has 1 heterocycles. The third kappa shape index (κ3) is 3.99. The van der Waals surface area contributed by atoms with Gasteiger partial charge in [0.15, 0.2) is 0 Å². The lowest BCUT2D eigenvalue weighted by Gasteiger charge is -2.12. The van der Waals surface area contributed by atoms with Crippen LogP contribution < -0.4 is 10.6 Å². The zero-order valence-corrected chi connectivity index (χ0v) is 13.7. The molecule has 0 saturated heterocycles. The number of hydrogen-bond acceptors (Lipinski definition) is 4. The fraction of sp³-hybridized carbons (Fsp3) is 0.353. The van der Waals surface area contributed by atoms with Gasteiger partial charge in [0.05, 0.1) is 0 Å². The van der Waals surface area contributed by atoms with Gasteiger partial charge in [-0.05, 0) is 37.5 Å². The Morgan fingerprint density at radius 3 is 2.78 bits per heavy atom. The van der Waals surface area contributed by atoms with Crippen LogP contribution in [-0.2, 0) is 0 Å². The van der Waals surface area contributed by atoms with Gasteiger partial charge in [-0.15, -0.1) is 0 Å². The van der Waals surface area contributed by atoms with Crippen LogP contribution in [0.4, 0.5) is 11.5 Å². The van der Waals surface area contributed by atoms with E-state index in [1.54, 1.807) is 6.07 Å². The number of nitrogens with zero attached hydrogens (tertiary/aromatic N) is 2. The van der Waals surface area contributed by atoms with Crippen molar-refractivity contribution in [3.05, 3.63) is 46.9 Å². The summed E-state index contributed by atoms with van der Waals surface area (Å²) >= 11 is 6.02. The number of rotatable bonds is 4. The molecule has 0 unspecified atom stereocenters. The number of benzene rings is 1. The number of carbonyl (C=O) groups is 1. The summed E-state index contributed by atoms with van der Waals surface area (Å²) in [5.74, 6) is 0.423. The number of aryl methyl sites for hydroxylation is 1. The van der Waals surface area contributed by atoms with Gasteiger partial charge in [-0.1, -0.05) is 30.5 Å². The molecule has 6 heteroatoms. The second kappa shape index (κ2) is 6.96. The summed E-state index contributed by atoms with van der Waals surface area (Å²) in [6.45, 7) is 1.98. The van der Waals surface area contributed by atoms with E-state index in [-0.39, 0.29) is 11.9 Å². The van der Waals surface area contributed by atoms with Crippen molar-refractivity contribution in [1.82, 2.24) is 15.3 Å². The van der Waals surface area contributed by atoms with Crippen molar-refractivity contribution in [2.24, 2.45) is 0 Å². The van der Waals surface area contributed by atoms with Gasteiger partial charge in [-0.2, -0.15) is 0 Å². The largest absolute Gasteiger partial charge is 0.348 e. The average molecular weight is 331 g/mol. The number of aromatic nitrogens is 2. The lowest BCUT2D eigenvalue weighted by atomic mass is 10.2. The Labute approximate surface area is 140 Å². The van der Waals surface area contributed by atoms with Crippen molar-refractivity contribution in [1.29, 1.82) is 0 Å². The highest BCUT2D eigenvalue weighted by molar-refractivity contribution is 6.30. The van der Waals surface area contributed by atoms with E-state index >= 15 is 0 Å². The maximum absolute atomic E-state index is 12.3. The minimum absolute atomic E-state index is 0.148. The first-order chi connectivity index (χ1) is 11.1. The third-order valence-electron chi connectivity index (χ3n) is 4.05. The molecule has 1 amide bonds. The van der Waals surface area contributed by atoms with Gasteiger partial charge in [-0.3, -0.25) is 4.79 Å². The second-order valence-corrected chi connectivity index (χ2v) is 6.26. The van der Waals surface area contributed by atoms with Crippen LogP contribution in [0.25, 0.3) is 0 Å². The first-order valence-corrected chi connectivity index (χ1v) is 8.16. The van der Waals surface area contributed by atoms with Crippen molar-refractivity contribution in [2.45, 2.75) is 38.6 Å². The third-order valence-corrected chi connectivity index (χ3v) is 4.29. The molecule has 120 valence electrons. The number of amides is 1. The minimum Gasteiger partial charge on any atom is -0.348 e. The van der Waals surface area contributed by atoms with E-state index < -0.39 is 0 Å². The summed E-state index contributed by atoms with van der Waals surface area (Å²) in [5.41, 5.74) is 2.28. The molecule has 1 aromatic heterocycles. The maximum atomic E-state index is 12.3. The van der Waals surface area contributed by atoms with Gasteiger partial charge in [0.25, 0.3) is 5.91 Å². The zero-order valence-electron chi connectivity index (χ0n) is 13.0. The number of nitrogens with one attached hydrogen (secondary N) is 2. The molecule has 1 aromatic carbocycles. The Kier molecular flexibility index (Phi) is 4.76. The molecular weight excluding hydrogens is 312 g/mol. The molecule has 0 atom stereocenters. The van der Waals surface area contributed by atoms with E-state index in [1.807, 2.05) is 25.1 Å². The van der Waals surface area contributed by atoms with E-state index in [0.717, 1.165) is 24.1 Å². The summed E-state index contributed by atoms with van der Waals surface area (Å²) in [4.78, 5) is 20.5. The molecule has 5 nitrogen and oxygen atoms in total. The van der Waals surface area contributed by atoms with E-state index in [9.17, 15) is 4.79 Å². The molecule has 2 aromatic rings. The minimum atomic E-state index is -0.148. The standard InChI is InChI=1S/C17H19ClN4O/c1-11-6-7-12(18)8-14(11)22-16-9-15(19-10-20-16)17(23)21-13-4-2-3-5-13/h6-10,13H,2-5H2,1H3,(H,21,23)(H,19,20,22). The Morgan fingerprint density at radius 2 is 2.00 bits per heavy atom. The fourth-order valence-electron chi connectivity index (χ4n) is 2.75. The molecule has 3 rings (SSSR count). The van der Waals surface area contributed by atoms with Crippen molar-refractivity contribution < 1.29 is 4.79 Å². The van der Waals surface area contributed by atoms with Crippen LogP contribution in [0.1, 0.15) is 41.7 Å². The first-order valence-electron chi connectivity index (χ1n) is 7.78. The zero-order chi connectivity index (χ0) is 16.2. The highest BCUT2D eigenvalue weighted by Gasteiger charge is 2.19. The van der Waals surface area contributed by atoms with Gasteiger partial charge in [0.2, 0.25) is 0 Å². The highest BCUT2D eigenvalue weighted by Crippen LogP contribution is 2.23. The van der Waals surface area contributed by atoms with E-state index in [0.29, 0.717) is 16.5 Å². The summed E-state index contributed by atoms with van der Waals surface area (Å²) < 4.78 is 0. The number of hydrogen-bond donors (Lipinski definition) is 2. The van der Waals surface area contributed by atoms with Crippen LogP contribution in [0.3, 0.4) is 0 Å². The Balaban J connectivity index is 1.74. The summed E-state index contributed by atoms with van der Waals surface area (Å²) in [6.07, 6.45) is 5.84. The van der Waals surface area contributed by atoms with E-state index in [1.165, 1.54) is 19.2 Å². The van der Waals surface area contributed by atoms with Crippen molar-refractivity contribution >= 4 is 29.0 Å². The Hall–Kier alpha value is -2.14. The molecule has 2 N–H and O–H groups in total. The predicted molar refractivity (Wildman–Crippen MR) is 91.2 cm³/mol. The second-order valence-electron chi connectivity index (χ2n) is 5.83. The summed E-state index contributed by atoms with van der Waals surface area (Å²) in [6, 6.07) is 7.52. The summed E-state index contributed by atoms with van der Waals surface area (Å²) in [7, 11) is 0. The topological polar surface area (TPSA) is 66.9 Å². The molecule has 1 aliphatic rings. The molecule has 0 bridgehead atoms. The van der Waals surface area contributed by atoms with E-state index in [2.05, 4.69) is 20.6 Å². The summed E-state index contributed by atoms with van der Waals surface area (Å²) in [5, 5.41) is 6.86. The van der Waals surface area contributed by atoms with Gasteiger partial charge in [0.1, 0.15) is 17.8 Å². The fourth-order valence-corrected chi connectivity index (χ4v) is 2.92. The first kappa shape index (κ1) is 15.7. The lowest BCUT2D eigenvalue weighted by molar-refractivity contribution is 0.0932. The number of anilines is 2. The van der Waals surface area contributed by atoms with Gasteiger partial charge in [-0.25, -0.2) is 9.97 Å². The van der Waals surface area contributed by atoms with Crippen LogP contribution in [0.5, 0.6) is 0 Å².